The van der Waals surface area contributed by atoms with Gasteiger partial charge in [0.25, 0.3) is 0 Å². The number of carbonyl (C=O) groups excluding carboxylic acids is 2. The molecule has 0 radical (unpaired) electrons. The topological polar surface area (TPSA) is 86.8 Å². The number of anilines is 1. The summed E-state index contributed by atoms with van der Waals surface area (Å²) in [6, 6.07) is 3.67. The molecule has 3 rings (SSSR count). The van der Waals surface area contributed by atoms with Crippen molar-refractivity contribution in [3.63, 3.8) is 0 Å². The molecule has 0 unspecified atom stereocenters. The first-order valence-corrected chi connectivity index (χ1v) is 9.63. The van der Waals surface area contributed by atoms with Crippen molar-refractivity contribution in [2.75, 3.05) is 44.2 Å². The summed E-state index contributed by atoms with van der Waals surface area (Å²) in [7, 11) is 0. The van der Waals surface area contributed by atoms with Gasteiger partial charge in [0.1, 0.15) is 0 Å². The van der Waals surface area contributed by atoms with Crippen LogP contribution in [-0.2, 0) is 9.53 Å². The van der Waals surface area contributed by atoms with Crippen LogP contribution in [0.2, 0.25) is 0 Å². The van der Waals surface area contributed by atoms with Crippen molar-refractivity contribution >= 4 is 17.7 Å². The van der Waals surface area contributed by atoms with Gasteiger partial charge in [-0.1, -0.05) is 13.8 Å². The molecule has 0 saturated carbocycles. The standard InChI is InChI=1S/C19H29N5O3/c1-14(2)13-27-19(26)22-15-11-17(21-12-15)18(25)24-9-7-23(8-10-24)16-3-5-20-6-4-16/h3-6,14-15,17,21H,7-13H2,1-2H3,(H,22,26)/t15-,17+/m1/s1. The van der Waals surface area contributed by atoms with Gasteiger partial charge in [0.15, 0.2) is 0 Å². The largest absolute Gasteiger partial charge is 0.449 e. The lowest BCUT2D eigenvalue weighted by molar-refractivity contribution is -0.133. The van der Waals surface area contributed by atoms with E-state index in [4.69, 9.17) is 4.74 Å². The molecule has 3 heterocycles. The second kappa shape index (κ2) is 9.03. The third-order valence-electron chi connectivity index (χ3n) is 4.92. The summed E-state index contributed by atoms with van der Waals surface area (Å²) in [5.74, 6) is 0.418. The normalized spacial score (nSPS) is 22.8. The van der Waals surface area contributed by atoms with Crippen LogP contribution in [0.5, 0.6) is 0 Å². The Balaban J connectivity index is 1.42. The van der Waals surface area contributed by atoms with E-state index in [1.807, 2.05) is 30.9 Å². The second-order valence-corrected chi connectivity index (χ2v) is 7.55. The molecule has 0 bridgehead atoms. The first kappa shape index (κ1) is 19.4. The minimum absolute atomic E-state index is 0.0725. The molecular weight excluding hydrogens is 346 g/mol. The fourth-order valence-electron chi connectivity index (χ4n) is 3.44. The molecule has 0 spiro atoms. The fourth-order valence-corrected chi connectivity index (χ4v) is 3.44. The number of rotatable bonds is 5. The number of alkyl carbamates (subject to hydrolysis) is 1. The maximum atomic E-state index is 12.8. The lowest BCUT2D eigenvalue weighted by Crippen LogP contribution is -2.53. The van der Waals surface area contributed by atoms with Crippen LogP contribution in [0.1, 0.15) is 20.3 Å². The Morgan fingerprint density at radius 2 is 1.96 bits per heavy atom. The maximum Gasteiger partial charge on any atom is 0.407 e. The van der Waals surface area contributed by atoms with Crippen LogP contribution < -0.4 is 15.5 Å². The molecule has 2 saturated heterocycles. The number of nitrogens with one attached hydrogen (secondary N) is 2. The van der Waals surface area contributed by atoms with Crippen LogP contribution in [0.25, 0.3) is 0 Å². The van der Waals surface area contributed by atoms with Crippen LogP contribution >= 0.6 is 0 Å². The molecule has 1 aromatic heterocycles. The van der Waals surface area contributed by atoms with E-state index >= 15 is 0 Å². The summed E-state index contributed by atoms with van der Waals surface area (Å²) < 4.78 is 5.15. The Hall–Kier alpha value is -2.35. The molecule has 2 fully saturated rings. The van der Waals surface area contributed by atoms with Crippen LogP contribution in [-0.4, -0.2) is 73.3 Å². The van der Waals surface area contributed by atoms with E-state index < -0.39 is 6.09 Å². The van der Waals surface area contributed by atoms with E-state index in [2.05, 4.69) is 20.5 Å². The van der Waals surface area contributed by atoms with Crippen LogP contribution in [0.4, 0.5) is 10.5 Å². The second-order valence-electron chi connectivity index (χ2n) is 7.55. The molecule has 8 heteroatoms. The van der Waals surface area contributed by atoms with Gasteiger partial charge in [0.2, 0.25) is 5.91 Å². The van der Waals surface area contributed by atoms with Gasteiger partial charge in [0, 0.05) is 56.8 Å². The third-order valence-corrected chi connectivity index (χ3v) is 4.92. The van der Waals surface area contributed by atoms with Gasteiger partial charge in [-0.25, -0.2) is 4.79 Å². The minimum atomic E-state index is -0.408. The maximum absolute atomic E-state index is 12.8. The molecular formula is C19H29N5O3. The fraction of sp³-hybridized carbons (Fsp3) is 0.632. The Morgan fingerprint density at radius 1 is 1.26 bits per heavy atom. The number of hydrogen-bond acceptors (Lipinski definition) is 6. The lowest BCUT2D eigenvalue weighted by atomic mass is 10.1. The number of aromatic nitrogens is 1. The molecule has 1 aromatic rings. The minimum Gasteiger partial charge on any atom is -0.449 e. The van der Waals surface area contributed by atoms with Crippen molar-refractivity contribution < 1.29 is 14.3 Å². The molecule has 2 atom stereocenters. The van der Waals surface area contributed by atoms with Crippen molar-refractivity contribution in [2.24, 2.45) is 5.92 Å². The Morgan fingerprint density at radius 3 is 2.63 bits per heavy atom. The summed E-state index contributed by atoms with van der Waals surface area (Å²) in [6.45, 7) is 8.00. The quantitative estimate of drug-likeness (QED) is 0.793. The van der Waals surface area contributed by atoms with Gasteiger partial charge in [-0.3, -0.25) is 9.78 Å². The van der Waals surface area contributed by atoms with E-state index in [0.717, 1.165) is 18.8 Å². The number of ether oxygens (including phenoxy) is 1. The van der Waals surface area contributed by atoms with E-state index in [0.29, 0.717) is 38.6 Å². The average molecular weight is 375 g/mol. The SMILES string of the molecule is CC(C)COC(=O)N[C@H]1CN[C@H](C(=O)N2CCN(c3ccncc3)CC2)C1. The van der Waals surface area contributed by atoms with E-state index in [9.17, 15) is 9.59 Å². The summed E-state index contributed by atoms with van der Waals surface area (Å²) in [4.78, 5) is 32.8. The third kappa shape index (κ3) is 5.32. The summed E-state index contributed by atoms with van der Waals surface area (Å²) in [6.07, 6.45) is 3.76. The predicted molar refractivity (Wildman–Crippen MR) is 103 cm³/mol. The van der Waals surface area contributed by atoms with Crippen LogP contribution in [0.15, 0.2) is 24.5 Å². The number of pyridine rings is 1. The number of carbonyl (C=O) groups is 2. The number of amides is 2. The van der Waals surface area contributed by atoms with Crippen LogP contribution in [0, 0.1) is 5.92 Å². The molecule has 2 aliphatic rings. The Kier molecular flexibility index (Phi) is 6.49. The molecule has 148 valence electrons. The molecule has 2 amide bonds. The van der Waals surface area contributed by atoms with Crippen LogP contribution in [0.3, 0.4) is 0 Å². The first-order valence-electron chi connectivity index (χ1n) is 9.63. The van der Waals surface area contributed by atoms with Crippen molar-refractivity contribution in [2.45, 2.75) is 32.4 Å². The van der Waals surface area contributed by atoms with E-state index in [-0.39, 0.29) is 18.0 Å². The summed E-state index contributed by atoms with van der Waals surface area (Å²) in [5.41, 5.74) is 1.14. The summed E-state index contributed by atoms with van der Waals surface area (Å²) >= 11 is 0. The number of piperazine rings is 1. The first-order chi connectivity index (χ1) is 13.0. The van der Waals surface area contributed by atoms with Gasteiger partial charge in [-0.15, -0.1) is 0 Å². The lowest BCUT2D eigenvalue weighted by Gasteiger charge is -2.37. The molecule has 27 heavy (non-hydrogen) atoms. The number of nitrogens with zero attached hydrogens (tertiary/aromatic N) is 3. The van der Waals surface area contributed by atoms with Crippen molar-refractivity contribution in [3.8, 4) is 0 Å². The van der Waals surface area contributed by atoms with Gasteiger partial charge >= 0.3 is 6.09 Å². The molecule has 0 aromatic carbocycles. The number of hydrogen-bond donors (Lipinski definition) is 2. The van der Waals surface area contributed by atoms with Crippen molar-refractivity contribution in [1.82, 2.24) is 20.5 Å². The van der Waals surface area contributed by atoms with Crippen molar-refractivity contribution in [1.29, 1.82) is 0 Å². The van der Waals surface area contributed by atoms with Gasteiger partial charge in [-0.2, -0.15) is 0 Å². The average Bonchev–Trinajstić information content (AvgIpc) is 3.15. The Bertz CT molecular complexity index is 631. The smallest absolute Gasteiger partial charge is 0.407 e. The highest BCUT2D eigenvalue weighted by atomic mass is 16.5. The highest BCUT2D eigenvalue weighted by molar-refractivity contribution is 5.83. The van der Waals surface area contributed by atoms with Gasteiger partial charge in [-0.05, 0) is 24.5 Å². The molecule has 2 N–H and O–H groups in total. The Labute approximate surface area is 160 Å². The van der Waals surface area contributed by atoms with E-state index in [1.165, 1.54) is 0 Å². The highest BCUT2D eigenvalue weighted by Gasteiger charge is 2.34. The van der Waals surface area contributed by atoms with Gasteiger partial charge in [0.05, 0.1) is 12.6 Å². The van der Waals surface area contributed by atoms with E-state index in [1.54, 1.807) is 12.4 Å². The zero-order valence-corrected chi connectivity index (χ0v) is 16.1. The van der Waals surface area contributed by atoms with Crippen molar-refractivity contribution in [3.05, 3.63) is 24.5 Å². The summed E-state index contributed by atoms with van der Waals surface area (Å²) in [5, 5.41) is 6.08. The zero-order valence-electron chi connectivity index (χ0n) is 16.1. The molecule has 0 aliphatic carbocycles. The monoisotopic (exact) mass is 375 g/mol. The van der Waals surface area contributed by atoms with Gasteiger partial charge < -0.3 is 25.2 Å². The zero-order chi connectivity index (χ0) is 19.2. The predicted octanol–water partition coefficient (Wildman–Crippen LogP) is 0.843. The highest BCUT2D eigenvalue weighted by Crippen LogP contribution is 2.17. The molecule has 2 aliphatic heterocycles. The molecule has 8 nitrogen and oxygen atoms in total.